The van der Waals surface area contributed by atoms with Crippen molar-refractivity contribution in [1.29, 1.82) is 0 Å². The van der Waals surface area contributed by atoms with Crippen molar-refractivity contribution in [2.75, 3.05) is 0 Å². The maximum atomic E-state index is 13.0. The molecule has 3 aliphatic rings. The summed E-state index contributed by atoms with van der Waals surface area (Å²) in [6.45, 7) is 17.7. The molecule has 560 valence electrons. The number of phenolic OH excluding ortho intramolecular Hbond substituents is 4. The number of para-hydroxylation sites is 1. The predicted molar refractivity (Wildman–Crippen MR) is 429 cm³/mol. The second kappa shape index (κ2) is 52.0. The number of halogens is 11. The molecular weight excluding hydrogens is 1640 g/mol. The van der Waals surface area contributed by atoms with Crippen LogP contribution in [0.3, 0.4) is 0 Å². The quantitative estimate of drug-likeness (QED) is 0.0759. The van der Waals surface area contributed by atoms with Gasteiger partial charge in [0.25, 0.3) is 0 Å². The molecule has 23 heteroatoms. The molecule has 0 heterocycles. The van der Waals surface area contributed by atoms with Gasteiger partial charge in [-0.1, -0.05) is 137 Å². The van der Waals surface area contributed by atoms with E-state index in [-0.39, 0.29) is 17.2 Å². The van der Waals surface area contributed by atoms with E-state index in [4.69, 9.17) is 79.4 Å². The number of aryl methyl sites for hydroxylation is 9. The number of rotatable bonds is 11. The summed E-state index contributed by atoms with van der Waals surface area (Å²) in [4.78, 5) is 18.0. The van der Waals surface area contributed by atoms with E-state index in [1.807, 2.05) is 131 Å². The normalized spacial score (nSPS) is 14.1. The van der Waals surface area contributed by atoms with Gasteiger partial charge < -0.3 is 20.4 Å². The van der Waals surface area contributed by atoms with Crippen molar-refractivity contribution < 1.29 is 102 Å². The average Bonchev–Trinajstić information content (AvgIpc) is 0.840. The number of nitrogens with zero attached hydrogens (tertiary/aromatic N) is 4. The van der Waals surface area contributed by atoms with E-state index in [1.54, 1.807) is 25.4 Å². The van der Waals surface area contributed by atoms with Crippen LogP contribution in [0.15, 0.2) is 159 Å². The molecule has 11 rings (SSSR count). The Bertz CT molecular complexity index is 3990. The van der Waals surface area contributed by atoms with Gasteiger partial charge in [0.05, 0.1) is 22.6 Å². The molecular formula is C82H95Cl8F3N4O4Ti4. The van der Waals surface area contributed by atoms with Gasteiger partial charge in [-0.05, 0) is 252 Å². The minimum absolute atomic E-state index is 0.194. The number of aliphatic imine (C=N–C) groups is 4. The number of alkyl halides is 3. The van der Waals surface area contributed by atoms with Crippen LogP contribution in [0.1, 0.15) is 210 Å². The summed E-state index contributed by atoms with van der Waals surface area (Å²) in [7, 11) is 39.1. The van der Waals surface area contributed by atoms with Crippen molar-refractivity contribution in [2.24, 2.45) is 20.0 Å². The second-order valence-corrected chi connectivity index (χ2v) is 36.8. The van der Waals surface area contributed by atoms with Crippen LogP contribution in [0.25, 0.3) is 11.1 Å². The molecule has 4 N–H and O–H groups in total. The fourth-order valence-corrected chi connectivity index (χ4v) is 13.2. The van der Waals surface area contributed by atoms with Crippen molar-refractivity contribution in [3.05, 3.63) is 229 Å². The Balaban J connectivity index is 0.000000283. The Morgan fingerprint density at radius 1 is 0.352 bits per heavy atom. The second-order valence-electron chi connectivity index (χ2n) is 26.5. The standard InChI is InChI=1S/C22H24F3NO.C22H21NO.C21H31NO.C17H19NO.8ClH.4Ti/c1-14-8-17(21(27)20(11-14)16-6-4-3-5-7-16)13-26-19-10-15(2)9-18(12-19)22(23,24)25;1-15-9-16(2)12-20(11-15)23-14-19-10-17(3)13-21(22(19)24)18-7-5-4-6-8-18;23-21-18(16-22-19-13-7-4-8-14-19)12-9-15-20(21)17-10-5-2-1-3-6-11-17;1-11-5-12(2)9-16(8-11)18-10-15-7-13(3)6-14(4)17(15)19;;;;;;;;;;;;/h8-13,16,27H,3-7H2,1-2H3;4-14,24H,1-3H3;9,12,15-17,19,23H,1-8,10-11,13-14H2;5-10,19H,1-4H3;8*1H;;;;/q;;;;;;;;;;;;4*+2/p-8. The summed E-state index contributed by atoms with van der Waals surface area (Å²) < 4.78 is 39.0. The fourth-order valence-electron chi connectivity index (χ4n) is 13.2. The molecule has 0 unspecified atom stereocenters. The molecule has 0 atom stereocenters. The molecule has 3 saturated carbocycles. The molecule has 8 aromatic carbocycles. The molecule has 3 fully saturated rings. The van der Waals surface area contributed by atoms with Crippen LogP contribution in [0.5, 0.6) is 23.0 Å². The van der Waals surface area contributed by atoms with E-state index in [2.05, 4.69) is 66.9 Å². The van der Waals surface area contributed by atoms with E-state index >= 15 is 0 Å². The van der Waals surface area contributed by atoms with E-state index in [1.165, 1.54) is 112 Å². The first kappa shape index (κ1) is 94.0. The van der Waals surface area contributed by atoms with Gasteiger partial charge in [-0.2, -0.15) is 13.2 Å². The summed E-state index contributed by atoms with van der Waals surface area (Å²) in [5.41, 5.74) is 17.5. The number of aromatic hydroxyl groups is 4. The minimum atomic E-state index is -4.41. The van der Waals surface area contributed by atoms with Crippen LogP contribution in [0, 0.1) is 62.3 Å². The van der Waals surface area contributed by atoms with Gasteiger partial charge >= 0.3 is 149 Å². The molecule has 3 aliphatic carbocycles. The van der Waals surface area contributed by atoms with Crippen molar-refractivity contribution in [3.8, 4) is 34.1 Å². The molecule has 0 amide bonds. The van der Waals surface area contributed by atoms with Crippen molar-refractivity contribution in [2.45, 2.75) is 196 Å². The van der Waals surface area contributed by atoms with E-state index in [0.29, 0.717) is 40.5 Å². The summed E-state index contributed by atoms with van der Waals surface area (Å²) in [6, 6.07) is 44.4. The van der Waals surface area contributed by atoms with E-state index in [9.17, 15) is 33.6 Å². The topological polar surface area (TPSA) is 130 Å². The van der Waals surface area contributed by atoms with Crippen molar-refractivity contribution >= 4 is 116 Å². The van der Waals surface area contributed by atoms with Gasteiger partial charge in [0.2, 0.25) is 0 Å². The van der Waals surface area contributed by atoms with Gasteiger partial charge in [0.15, 0.2) is 0 Å². The monoisotopic (exact) mass is 1730 g/mol. The Morgan fingerprint density at radius 3 is 1.18 bits per heavy atom. The summed E-state index contributed by atoms with van der Waals surface area (Å²) in [6.07, 6.45) is 23.6. The average molecular weight is 1730 g/mol. The van der Waals surface area contributed by atoms with Gasteiger partial charge in [-0.15, -0.1) is 0 Å². The Morgan fingerprint density at radius 2 is 0.714 bits per heavy atom. The zero-order valence-corrected chi connectivity index (χ0v) is 73.4. The molecule has 8 nitrogen and oxygen atoms in total. The first-order valence-electron chi connectivity index (χ1n) is 34.9. The van der Waals surface area contributed by atoms with Crippen LogP contribution < -0.4 is 0 Å². The first-order chi connectivity index (χ1) is 50.2. The van der Waals surface area contributed by atoms with E-state index in [0.717, 1.165) is 110 Å². The SMILES string of the molecule is Cc1cc(C)cc(N=Cc2cc(C)cc(-c3ccccc3)c2O)c1.Cc1cc(C)cc(N=Cc2cc(C)cc(C)c2O)c1.Cc1cc(N=Cc2cc(C)cc(C3CCCCC3)c2O)cc(C(F)(F)F)c1.Oc1c(C=NC2CCCCC2)cccc1C1CCCCCCC1.[Cl][Ti][Cl].[Cl][Ti][Cl].[Cl][Ti][Cl].[Cl][Ti][Cl]. The zero-order chi connectivity index (χ0) is 77.4. The van der Waals surface area contributed by atoms with Crippen LogP contribution in [-0.2, 0) is 74.3 Å². The predicted octanol–water partition coefficient (Wildman–Crippen LogP) is 28.4. The van der Waals surface area contributed by atoms with Gasteiger partial charge in [0, 0.05) is 58.7 Å². The zero-order valence-electron chi connectivity index (χ0n) is 61.1. The van der Waals surface area contributed by atoms with Crippen LogP contribution >= 0.6 is 74.4 Å². The third-order valence-corrected chi connectivity index (χ3v) is 17.7. The van der Waals surface area contributed by atoms with Crippen LogP contribution in [0.2, 0.25) is 0 Å². The summed E-state index contributed by atoms with van der Waals surface area (Å²) in [5, 5.41) is 42.1. The summed E-state index contributed by atoms with van der Waals surface area (Å²) >= 11 is -2.22. The maximum absolute atomic E-state index is 13.0. The third-order valence-electron chi connectivity index (χ3n) is 17.7. The Hall–Kier alpha value is -3.39. The molecule has 0 saturated heterocycles. The Labute approximate surface area is 688 Å². The number of hydrogen-bond acceptors (Lipinski definition) is 8. The fraction of sp³-hybridized carbons (Fsp3) is 0.366. The van der Waals surface area contributed by atoms with Gasteiger partial charge in [-0.3, -0.25) is 20.0 Å². The van der Waals surface area contributed by atoms with Crippen molar-refractivity contribution in [1.82, 2.24) is 0 Å². The molecule has 0 spiro atoms. The first-order valence-corrected chi connectivity index (χ1v) is 52.1. The third kappa shape index (κ3) is 35.2. The van der Waals surface area contributed by atoms with E-state index < -0.39 is 79.9 Å². The number of hydrogen-bond donors (Lipinski definition) is 4. The van der Waals surface area contributed by atoms with Gasteiger partial charge in [-0.25, -0.2) is 0 Å². The molecule has 0 bridgehead atoms. The molecule has 0 aromatic heterocycles. The molecule has 0 aliphatic heterocycles. The summed E-state index contributed by atoms with van der Waals surface area (Å²) in [5.74, 6) is 2.11. The van der Waals surface area contributed by atoms with Gasteiger partial charge in [0.1, 0.15) is 23.0 Å². The van der Waals surface area contributed by atoms with Crippen LogP contribution in [-0.4, -0.2) is 51.3 Å². The number of benzene rings is 8. The van der Waals surface area contributed by atoms with Crippen LogP contribution in [0.4, 0.5) is 30.2 Å². The molecule has 8 aromatic rings. The Kier molecular flexibility index (Phi) is 46.5. The molecule has 105 heavy (non-hydrogen) atoms. The number of phenols is 4. The molecule has 0 radical (unpaired) electrons. The van der Waals surface area contributed by atoms with Crippen molar-refractivity contribution in [3.63, 3.8) is 0 Å².